The number of phenols is 1. The SMILES string of the molecule is O=C(Nc1cc(Cl)c(O)cc1F)C1CCCO1. The summed E-state index contributed by atoms with van der Waals surface area (Å²) < 4.78 is 18.6. The smallest absolute Gasteiger partial charge is 0.253 e. The molecule has 1 heterocycles. The highest BCUT2D eigenvalue weighted by Gasteiger charge is 2.24. The Bertz CT molecular complexity index is 447. The molecule has 0 aliphatic carbocycles. The molecule has 0 radical (unpaired) electrons. The molecule has 1 unspecified atom stereocenters. The lowest BCUT2D eigenvalue weighted by Crippen LogP contribution is -2.27. The van der Waals surface area contributed by atoms with Crippen molar-refractivity contribution in [3.05, 3.63) is 23.0 Å². The van der Waals surface area contributed by atoms with Gasteiger partial charge in [0.1, 0.15) is 17.7 Å². The van der Waals surface area contributed by atoms with Gasteiger partial charge in [-0.2, -0.15) is 0 Å². The van der Waals surface area contributed by atoms with Crippen LogP contribution in [0.15, 0.2) is 12.1 Å². The summed E-state index contributed by atoms with van der Waals surface area (Å²) in [6.45, 7) is 0.539. The van der Waals surface area contributed by atoms with Gasteiger partial charge in [-0.3, -0.25) is 4.79 Å². The zero-order valence-corrected chi connectivity index (χ0v) is 9.63. The van der Waals surface area contributed by atoms with Crippen molar-refractivity contribution in [1.82, 2.24) is 0 Å². The molecule has 17 heavy (non-hydrogen) atoms. The summed E-state index contributed by atoms with van der Waals surface area (Å²) in [6, 6.07) is 2.02. The first kappa shape index (κ1) is 12.1. The zero-order chi connectivity index (χ0) is 12.4. The minimum absolute atomic E-state index is 0.0194. The average Bonchev–Trinajstić information content (AvgIpc) is 2.79. The first-order valence-electron chi connectivity index (χ1n) is 5.18. The summed E-state index contributed by atoms with van der Waals surface area (Å²) in [4.78, 5) is 11.7. The van der Waals surface area contributed by atoms with Gasteiger partial charge in [-0.1, -0.05) is 11.6 Å². The molecule has 1 saturated heterocycles. The fraction of sp³-hybridized carbons (Fsp3) is 0.364. The lowest BCUT2D eigenvalue weighted by Gasteiger charge is -2.11. The van der Waals surface area contributed by atoms with Crippen molar-refractivity contribution in [2.45, 2.75) is 18.9 Å². The minimum Gasteiger partial charge on any atom is -0.506 e. The van der Waals surface area contributed by atoms with Crippen LogP contribution in [0, 0.1) is 5.82 Å². The van der Waals surface area contributed by atoms with Crippen molar-refractivity contribution in [3.63, 3.8) is 0 Å². The molecule has 0 bridgehead atoms. The van der Waals surface area contributed by atoms with Crippen LogP contribution in [0.2, 0.25) is 5.02 Å². The van der Waals surface area contributed by atoms with E-state index in [9.17, 15) is 9.18 Å². The largest absolute Gasteiger partial charge is 0.506 e. The van der Waals surface area contributed by atoms with E-state index in [0.29, 0.717) is 13.0 Å². The number of rotatable bonds is 2. The van der Waals surface area contributed by atoms with Gasteiger partial charge in [-0.25, -0.2) is 4.39 Å². The van der Waals surface area contributed by atoms with Crippen LogP contribution in [0.25, 0.3) is 0 Å². The molecule has 6 heteroatoms. The Morgan fingerprint density at radius 3 is 3.00 bits per heavy atom. The number of hydrogen-bond donors (Lipinski definition) is 2. The third kappa shape index (κ3) is 2.68. The van der Waals surface area contributed by atoms with Crippen LogP contribution < -0.4 is 5.32 Å². The van der Waals surface area contributed by atoms with Crippen LogP contribution in [-0.4, -0.2) is 23.7 Å². The summed E-state index contributed by atoms with van der Waals surface area (Å²) in [5, 5.41) is 11.5. The van der Waals surface area contributed by atoms with E-state index in [-0.39, 0.29) is 16.5 Å². The summed E-state index contributed by atoms with van der Waals surface area (Å²) in [5.74, 6) is -1.50. The zero-order valence-electron chi connectivity index (χ0n) is 8.87. The van der Waals surface area contributed by atoms with Crippen LogP contribution in [0.4, 0.5) is 10.1 Å². The van der Waals surface area contributed by atoms with Crippen molar-refractivity contribution in [2.24, 2.45) is 0 Å². The molecule has 0 aromatic heterocycles. The quantitative estimate of drug-likeness (QED) is 0.802. The summed E-state index contributed by atoms with van der Waals surface area (Å²) in [5.41, 5.74) is -0.0618. The highest BCUT2D eigenvalue weighted by Crippen LogP contribution is 2.29. The summed E-state index contributed by atoms with van der Waals surface area (Å²) in [6.07, 6.45) is 0.901. The molecule has 1 amide bonds. The van der Waals surface area contributed by atoms with E-state index in [1.165, 1.54) is 6.07 Å². The fourth-order valence-electron chi connectivity index (χ4n) is 1.63. The topological polar surface area (TPSA) is 58.6 Å². The van der Waals surface area contributed by atoms with E-state index in [1.54, 1.807) is 0 Å². The lowest BCUT2D eigenvalue weighted by molar-refractivity contribution is -0.124. The Morgan fingerprint density at radius 1 is 1.59 bits per heavy atom. The molecule has 0 saturated carbocycles. The normalized spacial score (nSPS) is 19.3. The minimum atomic E-state index is -0.738. The number of benzene rings is 1. The van der Waals surface area contributed by atoms with Gasteiger partial charge >= 0.3 is 0 Å². The second-order valence-electron chi connectivity index (χ2n) is 3.77. The second kappa shape index (κ2) is 4.89. The van der Waals surface area contributed by atoms with Crippen molar-refractivity contribution in [2.75, 3.05) is 11.9 Å². The molecule has 1 aromatic rings. The Labute approximate surface area is 102 Å². The van der Waals surface area contributed by atoms with Crippen LogP contribution in [0.3, 0.4) is 0 Å². The Balaban J connectivity index is 2.12. The Morgan fingerprint density at radius 2 is 2.35 bits per heavy atom. The number of anilines is 1. The molecule has 1 aliphatic rings. The van der Waals surface area contributed by atoms with Gasteiger partial charge in [0.15, 0.2) is 0 Å². The van der Waals surface area contributed by atoms with Crippen LogP contribution in [0.5, 0.6) is 5.75 Å². The highest BCUT2D eigenvalue weighted by molar-refractivity contribution is 6.32. The van der Waals surface area contributed by atoms with E-state index in [1.807, 2.05) is 0 Å². The van der Waals surface area contributed by atoms with Gasteiger partial charge in [-0.05, 0) is 18.9 Å². The maximum Gasteiger partial charge on any atom is 0.253 e. The van der Waals surface area contributed by atoms with Crippen LogP contribution in [0.1, 0.15) is 12.8 Å². The third-order valence-corrected chi connectivity index (χ3v) is 2.82. The van der Waals surface area contributed by atoms with Gasteiger partial charge < -0.3 is 15.2 Å². The number of phenolic OH excluding ortho intramolecular Hbond substituents is 1. The maximum atomic E-state index is 13.4. The molecule has 1 fully saturated rings. The number of ether oxygens (including phenoxy) is 1. The fourth-order valence-corrected chi connectivity index (χ4v) is 1.79. The number of amides is 1. The molecular formula is C11H11ClFNO3. The molecule has 2 N–H and O–H groups in total. The molecule has 2 rings (SSSR count). The lowest BCUT2D eigenvalue weighted by atomic mass is 10.2. The van der Waals surface area contributed by atoms with Crippen molar-refractivity contribution in [3.8, 4) is 5.75 Å². The predicted octanol–water partition coefficient (Wildman–Crippen LogP) is 2.30. The highest BCUT2D eigenvalue weighted by atomic mass is 35.5. The van der Waals surface area contributed by atoms with Gasteiger partial charge in [0, 0.05) is 12.7 Å². The van der Waals surface area contributed by atoms with Crippen molar-refractivity contribution in [1.29, 1.82) is 0 Å². The van der Waals surface area contributed by atoms with Crippen molar-refractivity contribution >= 4 is 23.2 Å². The average molecular weight is 260 g/mol. The third-order valence-electron chi connectivity index (χ3n) is 2.52. The molecule has 0 spiro atoms. The Hall–Kier alpha value is -1.33. The van der Waals surface area contributed by atoms with Crippen molar-refractivity contribution < 1.29 is 19.0 Å². The van der Waals surface area contributed by atoms with Crippen LogP contribution >= 0.6 is 11.6 Å². The van der Waals surface area contributed by atoms with E-state index in [4.69, 9.17) is 21.4 Å². The molecule has 92 valence electrons. The molecular weight excluding hydrogens is 249 g/mol. The number of halogens is 2. The first-order chi connectivity index (χ1) is 8.08. The summed E-state index contributed by atoms with van der Waals surface area (Å²) in [7, 11) is 0. The number of aromatic hydroxyl groups is 1. The van der Waals surface area contributed by atoms with Gasteiger partial charge in [0.05, 0.1) is 10.7 Å². The molecule has 1 atom stereocenters. The number of nitrogens with one attached hydrogen (secondary N) is 1. The van der Waals surface area contributed by atoms with Gasteiger partial charge in [0.2, 0.25) is 0 Å². The van der Waals surface area contributed by atoms with Gasteiger partial charge in [0.25, 0.3) is 5.91 Å². The standard InChI is InChI=1S/C11H11ClFNO3/c12-6-4-8(7(13)5-9(6)15)14-11(16)10-2-1-3-17-10/h4-5,10,15H,1-3H2,(H,14,16). The molecule has 4 nitrogen and oxygen atoms in total. The van der Waals surface area contributed by atoms with Gasteiger partial charge in [-0.15, -0.1) is 0 Å². The summed E-state index contributed by atoms with van der Waals surface area (Å²) >= 11 is 5.63. The number of carbonyl (C=O) groups excluding carboxylic acids is 1. The second-order valence-corrected chi connectivity index (χ2v) is 4.18. The monoisotopic (exact) mass is 259 g/mol. The van der Waals surface area contributed by atoms with E-state index in [0.717, 1.165) is 12.5 Å². The first-order valence-corrected chi connectivity index (χ1v) is 5.56. The number of hydrogen-bond acceptors (Lipinski definition) is 3. The Kier molecular flexibility index (Phi) is 3.49. The van der Waals surface area contributed by atoms with Crippen LogP contribution in [-0.2, 0) is 9.53 Å². The number of carbonyl (C=O) groups is 1. The van der Waals surface area contributed by atoms with E-state index < -0.39 is 17.8 Å². The molecule has 1 aliphatic heterocycles. The van der Waals surface area contributed by atoms with E-state index >= 15 is 0 Å². The maximum absolute atomic E-state index is 13.4. The van der Waals surface area contributed by atoms with E-state index in [2.05, 4.69) is 5.32 Å². The predicted molar refractivity (Wildman–Crippen MR) is 60.7 cm³/mol. The molecule has 1 aromatic carbocycles.